The third-order valence-corrected chi connectivity index (χ3v) is 4.23. The molecule has 2 heterocycles. The molecule has 1 aliphatic heterocycles. The molecule has 0 amide bonds. The number of nitro groups is 1. The third-order valence-electron chi connectivity index (χ3n) is 4.23. The van der Waals surface area contributed by atoms with Gasteiger partial charge in [0, 0.05) is 32.2 Å². The maximum atomic E-state index is 11.3. The summed E-state index contributed by atoms with van der Waals surface area (Å²) in [4.78, 5) is 13.4. The van der Waals surface area contributed by atoms with Gasteiger partial charge in [-0.05, 0) is 25.7 Å². The second kappa shape index (κ2) is 5.05. The summed E-state index contributed by atoms with van der Waals surface area (Å²) in [5, 5.41) is 18.9. The first-order valence-electron chi connectivity index (χ1n) is 7.31. The van der Waals surface area contributed by atoms with Crippen LogP contribution >= 0.6 is 0 Å². The largest absolute Gasteiger partial charge is 0.360 e. The van der Waals surface area contributed by atoms with Crippen molar-refractivity contribution >= 4 is 11.5 Å². The Hall–Kier alpha value is -1.63. The second-order valence-corrected chi connectivity index (χ2v) is 5.73. The van der Waals surface area contributed by atoms with Gasteiger partial charge in [0.2, 0.25) is 5.82 Å². The summed E-state index contributed by atoms with van der Waals surface area (Å²) in [6.07, 6.45) is 4.22. The van der Waals surface area contributed by atoms with Crippen LogP contribution in [0.1, 0.15) is 31.9 Å². The molecule has 7 nitrogen and oxygen atoms in total. The fraction of sp³-hybridized carbons (Fsp3) is 0.769. The first-order valence-corrected chi connectivity index (χ1v) is 7.31. The van der Waals surface area contributed by atoms with E-state index in [9.17, 15) is 10.1 Å². The van der Waals surface area contributed by atoms with E-state index in [1.807, 2.05) is 6.92 Å². The van der Waals surface area contributed by atoms with Crippen LogP contribution in [-0.4, -0.2) is 44.8 Å². The van der Waals surface area contributed by atoms with Crippen molar-refractivity contribution in [1.82, 2.24) is 14.7 Å². The van der Waals surface area contributed by atoms with Crippen LogP contribution in [0.15, 0.2) is 0 Å². The first-order chi connectivity index (χ1) is 9.60. The number of hydrogen-bond acceptors (Lipinski definition) is 5. The van der Waals surface area contributed by atoms with E-state index in [2.05, 4.69) is 15.3 Å². The Kier molecular flexibility index (Phi) is 3.37. The van der Waals surface area contributed by atoms with E-state index in [4.69, 9.17) is 0 Å². The van der Waals surface area contributed by atoms with E-state index in [0.717, 1.165) is 25.6 Å². The fourth-order valence-corrected chi connectivity index (χ4v) is 3.03. The molecule has 0 bridgehead atoms. The molecule has 20 heavy (non-hydrogen) atoms. The van der Waals surface area contributed by atoms with Crippen LogP contribution in [0.2, 0.25) is 0 Å². The van der Waals surface area contributed by atoms with Gasteiger partial charge in [-0.1, -0.05) is 6.92 Å². The summed E-state index contributed by atoms with van der Waals surface area (Å²) >= 11 is 0. The molecule has 1 aromatic rings. The van der Waals surface area contributed by atoms with Crippen LogP contribution in [0.5, 0.6) is 0 Å². The summed E-state index contributed by atoms with van der Waals surface area (Å²) in [5.74, 6) is 0.550. The molecular formula is C13H21N5O2. The minimum absolute atomic E-state index is 0.139. The molecule has 1 atom stereocenters. The zero-order valence-corrected chi connectivity index (χ0v) is 12.0. The molecule has 0 aromatic carbocycles. The molecule has 1 saturated carbocycles. The molecule has 1 aliphatic carbocycles. The normalized spacial score (nSPS) is 23.2. The maximum Gasteiger partial charge on any atom is 0.333 e. The molecule has 1 saturated heterocycles. The van der Waals surface area contributed by atoms with Crippen molar-refractivity contribution in [2.75, 3.05) is 18.4 Å². The summed E-state index contributed by atoms with van der Waals surface area (Å²) < 4.78 is 1.61. The lowest BCUT2D eigenvalue weighted by atomic mass is 10.2. The van der Waals surface area contributed by atoms with Crippen LogP contribution in [0.25, 0.3) is 0 Å². The van der Waals surface area contributed by atoms with E-state index < -0.39 is 0 Å². The molecule has 2 aliphatic rings. The van der Waals surface area contributed by atoms with Gasteiger partial charge >= 0.3 is 5.69 Å². The first kappa shape index (κ1) is 13.4. The average Bonchev–Trinajstić information content (AvgIpc) is 3.07. The molecule has 1 aromatic heterocycles. The van der Waals surface area contributed by atoms with Crippen molar-refractivity contribution in [2.24, 2.45) is 7.05 Å². The Morgan fingerprint density at radius 3 is 2.80 bits per heavy atom. The molecule has 1 unspecified atom stereocenters. The number of anilines is 1. The SMILES string of the molecule is CCc1nn(C)c(NC2CCN(C3CC3)C2)c1[N+](=O)[O-]. The van der Waals surface area contributed by atoms with Crippen molar-refractivity contribution in [2.45, 2.75) is 44.7 Å². The van der Waals surface area contributed by atoms with Crippen molar-refractivity contribution in [3.05, 3.63) is 15.8 Å². The maximum absolute atomic E-state index is 11.3. The number of hydrogen-bond donors (Lipinski definition) is 1. The smallest absolute Gasteiger partial charge is 0.333 e. The van der Waals surface area contributed by atoms with E-state index in [1.54, 1.807) is 11.7 Å². The highest BCUT2D eigenvalue weighted by Crippen LogP contribution is 2.33. The average molecular weight is 279 g/mol. The van der Waals surface area contributed by atoms with Gasteiger partial charge < -0.3 is 5.32 Å². The standard InChI is InChI=1S/C13H21N5O2/c1-3-11-12(18(19)20)13(16(2)15-11)14-9-6-7-17(8-9)10-4-5-10/h9-10,14H,3-8H2,1-2H3. The van der Waals surface area contributed by atoms with Crippen molar-refractivity contribution in [3.63, 3.8) is 0 Å². The number of likely N-dealkylation sites (tertiary alicyclic amines) is 1. The molecule has 110 valence electrons. The predicted octanol–water partition coefficient (Wildman–Crippen LogP) is 1.54. The van der Waals surface area contributed by atoms with Gasteiger partial charge in [0.05, 0.1) is 4.92 Å². The summed E-state index contributed by atoms with van der Waals surface area (Å²) in [6.45, 7) is 3.96. The van der Waals surface area contributed by atoms with Crippen LogP contribution in [0.3, 0.4) is 0 Å². The lowest BCUT2D eigenvalue weighted by molar-refractivity contribution is -0.384. The molecule has 0 spiro atoms. The zero-order valence-electron chi connectivity index (χ0n) is 12.0. The van der Waals surface area contributed by atoms with E-state index in [0.29, 0.717) is 17.9 Å². The highest BCUT2D eigenvalue weighted by molar-refractivity contribution is 5.60. The lowest BCUT2D eigenvalue weighted by Crippen LogP contribution is -2.28. The minimum atomic E-state index is -0.318. The van der Waals surface area contributed by atoms with E-state index in [1.165, 1.54) is 12.8 Å². The van der Waals surface area contributed by atoms with Crippen LogP contribution in [-0.2, 0) is 13.5 Å². The molecular weight excluding hydrogens is 258 g/mol. The van der Waals surface area contributed by atoms with Crippen molar-refractivity contribution in [1.29, 1.82) is 0 Å². The van der Waals surface area contributed by atoms with Gasteiger partial charge in [-0.2, -0.15) is 5.10 Å². The van der Waals surface area contributed by atoms with Gasteiger partial charge in [-0.15, -0.1) is 0 Å². The molecule has 0 radical (unpaired) electrons. The number of aryl methyl sites for hydroxylation is 2. The van der Waals surface area contributed by atoms with Crippen LogP contribution in [0.4, 0.5) is 11.5 Å². The lowest BCUT2D eigenvalue weighted by Gasteiger charge is -2.16. The van der Waals surface area contributed by atoms with Gasteiger partial charge in [-0.3, -0.25) is 15.0 Å². The minimum Gasteiger partial charge on any atom is -0.360 e. The zero-order chi connectivity index (χ0) is 14.3. The second-order valence-electron chi connectivity index (χ2n) is 5.73. The van der Waals surface area contributed by atoms with Crippen LogP contribution in [0, 0.1) is 10.1 Å². The number of nitrogens with zero attached hydrogens (tertiary/aromatic N) is 4. The Morgan fingerprint density at radius 1 is 1.45 bits per heavy atom. The highest BCUT2D eigenvalue weighted by Gasteiger charge is 2.36. The monoisotopic (exact) mass is 279 g/mol. The fourth-order valence-electron chi connectivity index (χ4n) is 3.03. The van der Waals surface area contributed by atoms with Gasteiger partial charge in [0.15, 0.2) is 0 Å². The van der Waals surface area contributed by atoms with E-state index >= 15 is 0 Å². The quantitative estimate of drug-likeness (QED) is 0.653. The number of aromatic nitrogens is 2. The Balaban J connectivity index is 1.76. The molecule has 3 rings (SSSR count). The van der Waals surface area contributed by atoms with Gasteiger partial charge in [0.1, 0.15) is 5.69 Å². The molecule has 7 heteroatoms. The van der Waals surface area contributed by atoms with Gasteiger partial charge in [-0.25, -0.2) is 4.68 Å². The van der Waals surface area contributed by atoms with E-state index in [-0.39, 0.29) is 16.7 Å². The van der Waals surface area contributed by atoms with Crippen molar-refractivity contribution < 1.29 is 4.92 Å². The molecule has 1 N–H and O–H groups in total. The highest BCUT2D eigenvalue weighted by atomic mass is 16.6. The number of nitrogens with one attached hydrogen (secondary N) is 1. The third kappa shape index (κ3) is 2.37. The summed E-state index contributed by atoms with van der Waals surface area (Å²) in [5.41, 5.74) is 0.692. The topological polar surface area (TPSA) is 76.2 Å². The Morgan fingerprint density at radius 2 is 2.20 bits per heavy atom. The summed E-state index contributed by atoms with van der Waals surface area (Å²) in [6, 6.07) is 1.05. The van der Waals surface area contributed by atoms with Crippen LogP contribution < -0.4 is 5.32 Å². The summed E-state index contributed by atoms with van der Waals surface area (Å²) in [7, 11) is 1.77. The van der Waals surface area contributed by atoms with Gasteiger partial charge in [0.25, 0.3) is 0 Å². The number of rotatable bonds is 5. The Bertz CT molecular complexity index is 523. The molecule has 2 fully saturated rings. The predicted molar refractivity (Wildman–Crippen MR) is 75.9 cm³/mol. The van der Waals surface area contributed by atoms with Crippen molar-refractivity contribution in [3.8, 4) is 0 Å². The Labute approximate surface area is 118 Å².